The zero-order chi connectivity index (χ0) is 28.5. The molecule has 12 N–H and O–H groups in total. The lowest BCUT2D eigenvalue weighted by Crippen LogP contribution is -2.57. The van der Waals surface area contributed by atoms with Gasteiger partial charge in [-0.05, 0) is 56.9 Å². The number of aliphatic imine (C=N–C) groups is 1. The van der Waals surface area contributed by atoms with Crippen LogP contribution >= 0.6 is 0 Å². The maximum Gasteiger partial charge on any atom is 0.326 e. The first kappa shape index (κ1) is 34.1. The van der Waals surface area contributed by atoms with Crippen LogP contribution in [0.15, 0.2) is 4.99 Å². The summed E-state index contributed by atoms with van der Waals surface area (Å²) in [5.41, 5.74) is 22.2. The lowest BCUT2D eigenvalue weighted by molar-refractivity contribution is -0.142. The van der Waals surface area contributed by atoms with Gasteiger partial charge in [0.15, 0.2) is 5.96 Å². The quantitative estimate of drug-likeness (QED) is 0.0589. The summed E-state index contributed by atoms with van der Waals surface area (Å²) in [7, 11) is 0. The van der Waals surface area contributed by atoms with Crippen molar-refractivity contribution in [2.24, 2.45) is 39.8 Å². The molecule has 0 aliphatic rings. The number of nitrogens with zero attached hydrogens (tertiary/aromatic N) is 1. The number of carbonyl (C=O) groups excluding carboxylic acids is 3. The highest BCUT2D eigenvalue weighted by Gasteiger charge is 2.31. The number of guanidine groups is 1. The summed E-state index contributed by atoms with van der Waals surface area (Å²) in [6, 6.07) is -3.89. The number of nitrogens with two attached hydrogens (primary N) is 4. The Bertz CT molecular complexity index is 757. The third-order valence-corrected chi connectivity index (χ3v) is 6.04. The molecule has 0 radical (unpaired) electrons. The molecule has 0 bridgehead atoms. The van der Waals surface area contributed by atoms with Gasteiger partial charge in [-0.15, -0.1) is 0 Å². The van der Waals surface area contributed by atoms with Crippen LogP contribution in [0.1, 0.15) is 72.6 Å². The number of rotatable bonds is 19. The molecule has 13 nitrogen and oxygen atoms in total. The van der Waals surface area contributed by atoms with Crippen molar-refractivity contribution in [3.63, 3.8) is 0 Å². The van der Waals surface area contributed by atoms with Gasteiger partial charge in [0, 0.05) is 6.54 Å². The van der Waals surface area contributed by atoms with Crippen molar-refractivity contribution in [1.82, 2.24) is 16.0 Å². The average Bonchev–Trinajstić information content (AvgIpc) is 2.82. The Labute approximate surface area is 219 Å². The summed E-state index contributed by atoms with van der Waals surface area (Å²) >= 11 is 0. The predicted molar refractivity (Wildman–Crippen MR) is 143 cm³/mol. The first-order chi connectivity index (χ1) is 17.3. The molecule has 5 atom stereocenters. The number of carbonyl (C=O) groups is 4. The Morgan fingerprint density at radius 3 is 1.89 bits per heavy atom. The molecule has 0 aliphatic carbocycles. The molecule has 0 aromatic carbocycles. The van der Waals surface area contributed by atoms with Crippen LogP contribution in [0.5, 0.6) is 0 Å². The number of nitrogens with one attached hydrogen (secondary N) is 3. The van der Waals surface area contributed by atoms with E-state index in [1.807, 2.05) is 27.7 Å². The summed E-state index contributed by atoms with van der Waals surface area (Å²) in [4.78, 5) is 54.5. The molecule has 0 fully saturated rings. The second kappa shape index (κ2) is 18.3. The summed E-state index contributed by atoms with van der Waals surface area (Å²) in [6.45, 7) is 8.17. The molecule has 5 unspecified atom stereocenters. The molecule has 0 saturated carbocycles. The van der Waals surface area contributed by atoms with E-state index >= 15 is 0 Å². The Hall–Kier alpha value is -2.93. The van der Waals surface area contributed by atoms with Gasteiger partial charge in [-0.1, -0.05) is 34.1 Å². The Morgan fingerprint density at radius 2 is 1.38 bits per heavy atom. The number of hydrogen-bond acceptors (Lipinski definition) is 7. The molecule has 0 aliphatic heterocycles. The third-order valence-electron chi connectivity index (χ3n) is 6.04. The highest BCUT2D eigenvalue weighted by molar-refractivity contribution is 5.94. The number of carboxylic acids is 1. The van der Waals surface area contributed by atoms with Crippen molar-refractivity contribution in [2.75, 3.05) is 13.1 Å². The first-order valence-corrected chi connectivity index (χ1v) is 13.0. The van der Waals surface area contributed by atoms with E-state index in [0.29, 0.717) is 32.2 Å². The largest absolute Gasteiger partial charge is 0.480 e. The van der Waals surface area contributed by atoms with Gasteiger partial charge in [-0.3, -0.25) is 19.4 Å². The molecule has 0 rings (SSSR count). The molecule has 37 heavy (non-hydrogen) atoms. The zero-order valence-electron chi connectivity index (χ0n) is 22.7. The molecule has 0 aromatic heterocycles. The minimum atomic E-state index is -1.16. The molecule has 0 heterocycles. The van der Waals surface area contributed by atoms with Gasteiger partial charge in [0.2, 0.25) is 17.7 Å². The molecular formula is C24H48N8O5. The van der Waals surface area contributed by atoms with E-state index in [0.717, 1.165) is 0 Å². The van der Waals surface area contributed by atoms with Crippen LogP contribution in [0.3, 0.4) is 0 Å². The second-order valence-corrected chi connectivity index (χ2v) is 9.80. The number of unbranched alkanes of at least 4 members (excludes halogenated alkanes) is 1. The lowest BCUT2D eigenvalue weighted by Gasteiger charge is -2.27. The monoisotopic (exact) mass is 528 g/mol. The fraction of sp³-hybridized carbons (Fsp3) is 0.792. The number of hydrogen-bond donors (Lipinski definition) is 8. The molecule has 0 saturated heterocycles. The van der Waals surface area contributed by atoms with Crippen molar-refractivity contribution in [1.29, 1.82) is 0 Å². The summed E-state index contributed by atoms with van der Waals surface area (Å²) in [5.74, 6) is -3.00. The van der Waals surface area contributed by atoms with Gasteiger partial charge >= 0.3 is 5.97 Å². The van der Waals surface area contributed by atoms with E-state index in [1.165, 1.54) is 0 Å². The topological polar surface area (TPSA) is 241 Å². The van der Waals surface area contributed by atoms with Crippen LogP contribution in [0.25, 0.3) is 0 Å². The Morgan fingerprint density at radius 1 is 0.838 bits per heavy atom. The van der Waals surface area contributed by atoms with Crippen molar-refractivity contribution in [2.45, 2.75) is 96.8 Å². The number of amides is 3. The van der Waals surface area contributed by atoms with Gasteiger partial charge in [0.25, 0.3) is 0 Å². The van der Waals surface area contributed by atoms with Gasteiger partial charge in [-0.25, -0.2) is 4.79 Å². The predicted octanol–water partition coefficient (Wildman–Crippen LogP) is -0.872. The Balaban J connectivity index is 5.61. The van der Waals surface area contributed by atoms with Crippen LogP contribution < -0.4 is 38.9 Å². The standard InChI is InChI=1S/C24H48N8O5/c1-5-15(4)19(26)22(35)30-16(10-8-12-29-24(27)28)20(33)32-18(13-14(2)3)21(34)31-17(23(36)37)9-6-7-11-25/h14-19H,5-13,25-26H2,1-4H3,(H,30,35)(H,31,34)(H,32,33)(H,36,37)(H4,27,28,29). The van der Waals surface area contributed by atoms with E-state index in [2.05, 4.69) is 20.9 Å². The van der Waals surface area contributed by atoms with Crippen molar-refractivity contribution < 1.29 is 24.3 Å². The molecule has 0 aromatic rings. The zero-order valence-corrected chi connectivity index (χ0v) is 22.7. The highest BCUT2D eigenvalue weighted by atomic mass is 16.4. The van der Waals surface area contributed by atoms with Gasteiger partial charge in [0.05, 0.1) is 6.04 Å². The number of carboxylic acid groups (broad SMARTS) is 1. The van der Waals surface area contributed by atoms with Crippen LogP contribution in [0.4, 0.5) is 0 Å². The molecule has 214 valence electrons. The van der Waals surface area contributed by atoms with E-state index in [1.54, 1.807) is 0 Å². The van der Waals surface area contributed by atoms with Crippen LogP contribution in [-0.2, 0) is 19.2 Å². The van der Waals surface area contributed by atoms with Crippen LogP contribution in [-0.4, -0.2) is 72.0 Å². The van der Waals surface area contributed by atoms with Crippen molar-refractivity contribution >= 4 is 29.7 Å². The normalized spacial score (nSPS) is 15.1. The molecule has 13 heteroatoms. The fourth-order valence-corrected chi connectivity index (χ4v) is 3.55. The minimum absolute atomic E-state index is 0.0188. The molecular weight excluding hydrogens is 480 g/mol. The van der Waals surface area contributed by atoms with Gasteiger partial charge in [0.1, 0.15) is 18.1 Å². The Kier molecular flexibility index (Phi) is 16.9. The average molecular weight is 529 g/mol. The molecule has 0 spiro atoms. The van der Waals surface area contributed by atoms with E-state index in [-0.39, 0.29) is 43.6 Å². The maximum atomic E-state index is 13.2. The fourth-order valence-electron chi connectivity index (χ4n) is 3.55. The van der Waals surface area contributed by atoms with Crippen LogP contribution in [0, 0.1) is 11.8 Å². The minimum Gasteiger partial charge on any atom is -0.480 e. The maximum absolute atomic E-state index is 13.2. The van der Waals surface area contributed by atoms with Gasteiger partial charge in [-0.2, -0.15) is 0 Å². The van der Waals surface area contributed by atoms with E-state index < -0.39 is 47.9 Å². The third kappa shape index (κ3) is 14.4. The second-order valence-electron chi connectivity index (χ2n) is 9.80. The first-order valence-electron chi connectivity index (χ1n) is 13.0. The summed E-state index contributed by atoms with van der Waals surface area (Å²) in [5, 5.41) is 17.4. The van der Waals surface area contributed by atoms with E-state index in [9.17, 15) is 24.3 Å². The molecule has 3 amide bonds. The van der Waals surface area contributed by atoms with Gasteiger partial charge < -0.3 is 44.0 Å². The smallest absolute Gasteiger partial charge is 0.326 e. The van der Waals surface area contributed by atoms with Crippen molar-refractivity contribution in [3.8, 4) is 0 Å². The summed E-state index contributed by atoms with van der Waals surface area (Å²) in [6.07, 6.45) is 2.93. The summed E-state index contributed by atoms with van der Waals surface area (Å²) < 4.78 is 0. The van der Waals surface area contributed by atoms with Crippen LogP contribution in [0.2, 0.25) is 0 Å². The van der Waals surface area contributed by atoms with E-state index in [4.69, 9.17) is 22.9 Å². The highest BCUT2D eigenvalue weighted by Crippen LogP contribution is 2.10. The SMILES string of the molecule is CCC(C)C(N)C(=O)NC(CCCN=C(N)N)C(=O)NC(CC(C)C)C(=O)NC(CCCCN)C(=O)O. The lowest BCUT2D eigenvalue weighted by atomic mass is 9.98. The number of aliphatic carboxylic acids is 1. The van der Waals surface area contributed by atoms with Crippen molar-refractivity contribution in [3.05, 3.63) is 0 Å².